The Kier molecular flexibility index (Phi) is 1.51. The normalized spacial score (nSPS) is 27.5. The van der Waals surface area contributed by atoms with Crippen molar-refractivity contribution in [1.29, 1.82) is 0 Å². The lowest BCUT2D eigenvalue weighted by atomic mass is 9.91. The molecule has 4 N–H and O–H groups in total. The van der Waals surface area contributed by atoms with Crippen LogP contribution in [0.3, 0.4) is 0 Å². The molecule has 7 nitrogen and oxygen atoms in total. The van der Waals surface area contributed by atoms with Gasteiger partial charge in [-0.2, -0.15) is 0 Å². The largest absolute Gasteiger partial charge is 0.316 e. The number of nitrogens with two attached hydrogens (primary N) is 2. The maximum Gasteiger partial charge on any atom is 0.223 e. The molecule has 1 aromatic heterocycles. The summed E-state index contributed by atoms with van der Waals surface area (Å²) in [5.74, 6) is -1.51. The summed E-state index contributed by atoms with van der Waals surface area (Å²) in [5.41, 5.74) is 11.1. The molecule has 0 radical (unpaired) electrons. The van der Waals surface area contributed by atoms with E-state index in [4.69, 9.17) is 11.5 Å². The molecule has 1 heterocycles. The van der Waals surface area contributed by atoms with Crippen LogP contribution in [-0.2, 0) is 9.59 Å². The highest BCUT2D eigenvalue weighted by Crippen LogP contribution is 2.25. The number of hydrogen-bond donors (Lipinski definition) is 2. The number of rotatable bonds is 0. The highest BCUT2D eigenvalue weighted by Gasteiger charge is 2.41. The van der Waals surface area contributed by atoms with E-state index in [1.54, 1.807) is 0 Å². The Morgan fingerprint density at radius 2 is 1.38 bits per heavy atom. The van der Waals surface area contributed by atoms with Gasteiger partial charge in [0.25, 0.3) is 0 Å². The molecule has 0 aromatic carbocycles. The van der Waals surface area contributed by atoms with Crippen molar-refractivity contribution in [1.82, 2.24) is 10.3 Å². The molecule has 0 spiro atoms. The highest BCUT2D eigenvalue weighted by molar-refractivity contribution is 6.41. The van der Waals surface area contributed by atoms with Crippen molar-refractivity contribution in [3.8, 4) is 0 Å². The number of carbonyl (C=O) groups is 2. The standard InChI is InChI=1S/C6H6N4O3/c7-1-3-4(10-13-9-3)2(8)6(12)5(1)11/h1-2H,7-8H2/t1-,2-/m1/s1. The monoisotopic (exact) mass is 182 g/mol. The predicted molar refractivity (Wildman–Crippen MR) is 38.2 cm³/mol. The van der Waals surface area contributed by atoms with E-state index >= 15 is 0 Å². The first kappa shape index (κ1) is 8.02. The van der Waals surface area contributed by atoms with Crippen LogP contribution < -0.4 is 11.5 Å². The van der Waals surface area contributed by atoms with E-state index in [0.29, 0.717) is 0 Å². The number of fused-ring (bicyclic) bond motifs is 1. The zero-order valence-electron chi connectivity index (χ0n) is 6.43. The van der Waals surface area contributed by atoms with Gasteiger partial charge < -0.3 is 11.5 Å². The van der Waals surface area contributed by atoms with Crippen LogP contribution in [0, 0.1) is 0 Å². The summed E-state index contributed by atoms with van der Waals surface area (Å²) >= 11 is 0. The molecule has 0 amide bonds. The number of hydrogen-bond acceptors (Lipinski definition) is 7. The zero-order chi connectivity index (χ0) is 9.59. The molecule has 1 aromatic rings. The smallest absolute Gasteiger partial charge is 0.223 e. The number of ketones is 2. The Balaban J connectivity index is 2.59. The number of Topliss-reactive ketones (excluding diaryl/α,β-unsaturated/α-hetero) is 2. The molecule has 2 rings (SSSR count). The van der Waals surface area contributed by atoms with Crippen LogP contribution in [0.25, 0.3) is 0 Å². The Morgan fingerprint density at radius 3 is 1.77 bits per heavy atom. The van der Waals surface area contributed by atoms with Crippen LogP contribution in [-0.4, -0.2) is 21.9 Å². The quantitative estimate of drug-likeness (QED) is 0.454. The lowest BCUT2D eigenvalue weighted by Gasteiger charge is -2.16. The second-order valence-electron chi connectivity index (χ2n) is 2.72. The van der Waals surface area contributed by atoms with E-state index in [1.165, 1.54) is 0 Å². The molecule has 0 saturated heterocycles. The van der Waals surface area contributed by atoms with Gasteiger partial charge in [0, 0.05) is 0 Å². The summed E-state index contributed by atoms with van der Waals surface area (Å²) in [6.45, 7) is 0. The Labute approximate surface area is 72.0 Å². The maximum absolute atomic E-state index is 11.1. The predicted octanol–water partition coefficient (Wildman–Crippen LogP) is -1.78. The van der Waals surface area contributed by atoms with Gasteiger partial charge in [-0.1, -0.05) is 10.3 Å². The highest BCUT2D eigenvalue weighted by atomic mass is 16.6. The summed E-state index contributed by atoms with van der Waals surface area (Å²) in [5, 5.41) is 6.82. The molecular weight excluding hydrogens is 176 g/mol. The summed E-state index contributed by atoms with van der Waals surface area (Å²) in [6.07, 6.45) is 0. The zero-order valence-corrected chi connectivity index (χ0v) is 6.43. The third kappa shape index (κ3) is 0.910. The van der Waals surface area contributed by atoms with E-state index < -0.39 is 23.7 Å². The van der Waals surface area contributed by atoms with Crippen LogP contribution in [0.4, 0.5) is 0 Å². The molecular formula is C6H6N4O3. The van der Waals surface area contributed by atoms with Crippen molar-refractivity contribution >= 4 is 11.6 Å². The van der Waals surface area contributed by atoms with Crippen molar-refractivity contribution in [2.45, 2.75) is 12.1 Å². The van der Waals surface area contributed by atoms with E-state index in [-0.39, 0.29) is 11.4 Å². The van der Waals surface area contributed by atoms with Gasteiger partial charge in [-0.25, -0.2) is 4.63 Å². The summed E-state index contributed by atoms with van der Waals surface area (Å²) in [7, 11) is 0. The fourth-order valence-corrected chi connectivity index (χ4v) is 1.19. The number of nitrogens with zero attached hydrogens (tertiary/aromatic N) is 2. The van der Waals surface area contributed by atoms with E-state index in [9.17, 15) is 9.59 Å². The van der Waals surface area contributed by atoms with Crippen LogP contribution in [0.5, 0.6) is 0 Å². The molecule has 13 heavy (non-hydrogen) atoms. The molecule has 2 atom stereocenters. The Bertz CT molecular complexity index is 350. The van der Waals surface area contributed by atoms with Gasteiger partial charge >= 0.3 is 0 Å². The first-order valence-electron chi connectivity index (χ1n) is 3.54. The van der Waals surface area contributed by atoms with Crippen LogP contribution in [0.2, 0.25) is 0 Å². The van der Waals surface area contributed by atoms with Crippen LogP contribution in [0.15, 0.2) is 4.63 Å². The molecule has 1 aliphatic rings. The molecule has 0 bridgehead atoms. The summed E-state index contributed by atoms with van der Waals surface area (Å²) in [6, 6.07) is -2.18. The van der Waals surface area contributed by atoms with Gasteiger partial charge in [-0.05, 0) is 0 Å². The third-order valence-corrected chi connectivity index (χ3v) is 1.94. The van der Waals surface area contributed by atoms with Crippen molar-refractivity contribution in [2.24, 2.45) is 11.5 Å². The molecule has 0 unspecified atom stereocenters. The third-order valence-electron chi connectivity index (χ3n) is 1.94. The second-order valence-corrected chi connectivity index (χ2v) is 2.72. The van der Waals surface area contributed by atoms with Gasteiger partial charge in [-0.15, -0.1) is 0 Å². The minimum absolute atomic E-state index is 0.150. The van der Waals surface area contributed by atoms with E-state index in [1.807, 2.05) is 0 Å². The summed E-state index contributed by atoms with van der Waals surface area (Å²) < 4.78 is 4.34. The Morgan fingerprint density at radius 1 is 1.00 bits per heavy atom. The van der Waals surface area contributed by atoms with Crippen molar-refractivity contribution < 1.29 is 14.2 Å². The van der Waals surface area contributed by atoms with Crippen LogP contribution in [0.1, 0.15) is 23.5 Å². The SMILES string of the molecule is N[C@H]1C(=O)C(=O)[C@H](N)c2nonc21. The first-order valence-corrected chi connectivity index (χ1v) is 3.54. The fraction of sp³-hybridized carbons (Fsp3) is 0.333. The first-order chi connectivity index (χ1) is 6.13. The molecule has 1 aliphatic carbocycles. The van der Waals surface area contributed by atoms with E-state index in [0.717, 1.165) is 0 Å². The van der Waals surface area contributed by atoms with Crippen LogP contribution >= 0.6 is 0 Å². The fourth-order valence-electron chi connectivity index (χ4n) is 1.19. The molecule has 0 aliphatic heterocycles. The molecule has 0 fully saturated rings. The molecule has 68 valence electrons. The average molecular weight is 182 g/mol. The van der Waals surface area contributed by atoms with Crippen molar-refractivity contribution in [3.63, 3.8) is 0 Å². The van der Waals surface area contributed by atoms with Crippen molar-refractivity contribution in [3.05, 3.63) is 11.4 Å². The van der Waals surface area contributed by atoms with Gasteiger partial charge in [0.05, 0.1) is 0 Å². The minimum atomic E-state index is -1.09. The molecule has 0 saturated carbocycles. The van der Waals surface area contributed by atoms with E-state index in [2.05, 4.69) is 14.9 Å². The van der Waals surface area contributed by atoms with Gasteiger partial charge in [0.2, 0.25) is 11.6 Å². The summed E-state index contributed by atoms with van der Waals surface area (Å²) in [4.78, 5) is 22.3. The molecule has 7 heteroatoms. The minimum Gasteiger partial charge on any atom is -0.316 e. The number of carbonyl (C=O) groups excluding carboxylic acids is 2. The maximum atomic E-state index is 11.1. The number of aromatic nitrogens is 2. The second kappa shape index (κ2) is 2.44. The lowest BCUT2D eigenvalue weighted by Crippen LogP contribution is -2.41. The average Bonchev–Trinajstić information content (AvgIpc) is 2.59. The van der Waals surface area contributed by atoms with Gasteiger partial charge in [0.1, 0.15) is 23.5 Å². The van der Waals surface area contributed by atoms with Crippen molar-refractivity contribution in [2.75, 3.05) is 0 Å². The van der Waals surface area contributed by atoms with Gasteiger partial charge in [-0.3, -0.25) is 9.59 Å². The lowest BCUT2D eigenvalue weighted by molar-refractivity contribution is -0.139. The van der Waals surface area contributed by atoms with Gasteiger partial charge in [0.15, 0.2) is 0 Å². The Hall–Kier alpha value is -1.60. The topological polar surface area (TPSA) is 125 Å².